The lowest BCUT2D eigenvalue weighted by Gasteiger charge is -2.31. The molecule has 1 unspecified atom stereocenters. The Morgan fingerprint density at radius 2 is 1.85 bits per heavy atom. The zero-order valence-electron chi connectivity index (χ0n) is 13.0. The van der Waals surface area contributed by atoms with Gasteiger partial charge in [0.25, 0.3) is 0 Å². The summed E-state index contributed by atoms with van der Waals surface area (Å²) in [6, 6.07) is 12.6. The van der Waals surface area contributed by atoms with Crippen molar-refractivity contribution in [1.29, 1.82) is 5.26 Å². The summed E-state index contributed by atoms with van der Waals surface area (Å²) >= 11 is 0. The lowest BCUT2D eigenvalue weighted by molar-refractivity contribution is 0.251. The monoisotopic (exact) mass is 273 g/mol. The summed E-state index contributed by atoms with van der Waals surface area (Å²) in [6.07, 6.45) is 1.97. The average Bonchev–Trinajstić information content (AvgIpc) is 2.51. The van der Waals surface area contributed by atoms with Crippen LogP contribution in [0.15, 0.2) is 30.3 Å². The first-order chi connectivity index (χ1) is 9.72. The average molecular weight is 273 g/mol. The molecule has 0 heterocycles. The standard InChI is InChI=1S/C17H27N3/c1-4-13-20(6-3)14-12-17(15-18,19-5-2)16-10-8-7-9-11-16/h7-11,19H,4-6,12-14H2,1-3H3. The highest BCUT2D eigenvalue weighted by Crippen LogP contribution is 2.24. The van der Waals surface area contributed by atoms with Gasteiger partial charge in [0, 0.05) is 6.54 Å². The van der Waals surface area contributed by atoms with E-state index in [1.807, 2.05) is 30.3 Å². The topological polar surface area (TPSA) is 39.1 Å². The van der Waals surface area contributed by atoms with Crippen LogP contribution in [0.25, 0.3) is 0 Å². The van der Waals surface area contributed by atoms with Gasteiger partial charge in [0.1, 0.15) is 5.54 Å². The fourth-order valence-corrected chi connectivity index (χ4v) is 2.59. The second-order valence-electron chi connectivity index (χ2n) is 5.10. The molecule has 0 aliphatic carbocycles. The van der Waals surface area contributed by atoms with Crippen LogP contribution in [0.3, 0.4) is 0 Å². The molecule has 0 radical (unpaired) electrons. The fraction of sp³-hybridized carbons (Fsp3) is 0.588. The molecule has 0 amide bonds. The van der Waals surface area contributed by atoms with Gasteiger partial charge in [0.15, 0.2) is 0 Å². The van der Waals surface area contributed by atoms with Crippen LogP contribution in [0.1, 0.15) is 39.2 Å². The van der Waals surface area contributed by atoms with Gasteiger partial charge in [-0.05, 0) is 38.0 Å². The molecule has 0 saturated heterocycles. The second-order valence-corrected chi connectivity index (χ2v) is 5.10. The summed E-state index contributed by atoms with van der Waals surface area (Å²) in [5, 5.41) is 13.1. The smallest absolute Gasteiger partial charge is 0.133 e. The van der Waals surface area contributed by atoms with Gasteiger partial charge in [-0.3, -0.25) is 5.32 Å². The minimum atomic E-state index is -0.572. The molecule has 0 spiro atoms. The van der Waals surface area contributed by atoms with Gasteiger partial charge < -0.3 is 4.90 Å². The maximum atomic E-state index is 9.75. The normalized spacial score (nSPS) is 13.9. The first-order valence-electron chi connectivity index (χ1n) is 7.66. The number of benzene rings is 1. The van der Waals surface area contributed by atoms with Crippen LogP contribution in [0, 0.1) is 11.3 Å². The Hall–Kier alpha value is -1.37. The van der Waals surface area contributed by atoms with Crippen molar-refractivity contribution in [2.75, 3.05) is 26.2 Å². The van der Waals surface area contributed by atoms with E-state index < -0.39 is 5.54 Å². The highest BCUT2D eigenvalue weighted by atomic mass is 15.1. The van der Waals surface area contributed by atoms with Crippen molar-refractivity contribution in [1.82, 2.24) is 10.2 Å². The number of nitrogens with one attached hydrogen (secondary N) is 1. The molecule has 0 bridgehead atoms. The molecule has 110 valence electrons. The number of nitrogens with zero attached hydrogens (tertiary/aromatic N) is 2. The number of nitriles is 1. The third-order valence-corrected chi connectivity index (χ3v) is 3.73. The van der Waals surface area contributed by atoms with Gasteiger partial charge in [-0.1, -0.05) is 51.1 Å². The van der Waals surface area contributed by atoms with Crippen LogP contribution < -0.4 is 5.32 Å². The van der Waals surface area contributed by atoms with Crippen molar-refractivity contribution in [3.63, 3.8) is 0 Å². The Bertz CT molecular complexity index is 410. The molecule has 1 N–H and O–H groups in total. The Kier molecular flexibility index (Phi) is 7.28. The SMILES string of the molecule is CCCN(CC)CCC(C#N)(NCC)c1ccccc1. The van der Waals surface area contributed by atoms with Crippen LogP contribution in [0.2, 0.25) is 0 Å². The highest BCUT2D eigenvalue weighted by molar-refractivity contribution is 5.31. The molecule has 1 atom stereocenters. The summed E-state index contributed by atoms with van der Waals surface area (Å²) in [6.45, 7) is 10.3. The van der Waals surface area contributed by atoms with E-state index in [0.29, 0.717) is 0 Å². The van der Waals surface area contributed by atoms with Gasteiger partial charge in [-0.15, -0.1) is 0 Å². The number of hydrogen-bond acceptors (Lipinski definition) is 3. The number of rotatable bonds is 9. The molecule has 0 aliphatic rings. The van der Waals surface area contributed by atoms with Crippen LogP contribution >= 0.6 is 0 Å². The fourth-order valence-electron chi connectivity index (χ4n) is 2.59. The Morgan fingerprint density at radius 1 is 1.15 bits per heavy atom. The van der Waals surface area contributed by atoms with E-state index in [1.165, 1.54) is 0 Å². The molecule has 0 aliphatic heterocycles. The maximum Gasteiger partial charge on any atom is 0.133 e. The molecule has 1 rings (SSSR count). The van der Waals surface area contributed by atoms with Crippen molar-refractivity contribution in [3.8, 4) is 6.07 Å². The van der Waals surface area contributed by atoms with Crippen LogP contribution in [0.4, 0.5) is 0 Å². The van der Waals surface area contributed by atoms with Crippen LogP contribution in [0.5, 0.6) is 0 Å². The highest BCUT2D eigenvalue weighted by Gasteiger charge is 2.31. The second kappa shape index (κ2) is 8.73. The number of hydrogen-bond donors (Lipinski definition) is 1. The summed E-state index contributed by atoms with van der Waals surface area (Å²) in [7, 11) is 0. The van der Waals surface area contributed by atoms with E-state index in [4.69, 9.17) is 0 Å². The molecule has 0 aromatic heterocycles. The first-order valence-corrected chi connectivity index (χ1v) is 7.66. The van der Waals surface area contributed by atoms with Crippen molar-refractivity contribution in [3.05, 3.63) is 35.9 Å². The molecule has 0 saturated carbocycles. The quantitative estimate of drug-likeness (QED) is 0.751. The maximum absolute atomic E-state index is 9.75. The predicted octanol–water partition coefficient (Wildman–Crippen LogP) is 3.14. The molecule has 3 nitrogen and oxygen atoms in total. The largest absolute Gasteiger partial charge is 0.304 e. The molecule has 20 heavy (non-hydrogen) atoms. The van der Waals surface area contributed by atoms with Crippen LogP contribution in [-0.4, -0.2) is 31.1 Å². The van der Waals surface area contributed by atoms with Gasteiger partial charge >= 0.3 is 0 Å². The molecule has 1 aromatic rings. The van der Waals surface area contributed by atoms with Crippen LogP contribution in [-0.2, 0) is 5.54 Å². The third kappa shape index (κ3) is 4.33. The summed E-state index contributed by atoms with van der Waals surface area (Å²) in [4.78, 5) is 2.41. The lowest BCUT2D eigenvalue weighted by atomic mass is 9.87. The lowest BCUT2D eigenvalue weighted by Crippen LogP contribution is -2.44. The minimum absolute atomic E-state index is 0.572. The summed E-state index contributed by atoms with van der Waals surface area (Å²) in [5.41, 5.74) is 0.494. The van der Waals surface area contributed by atoms with Gasteiger partial charge in [0.05, 0.1) is 6.07 Å². The molecule has 0 fully saturated rings. The Labute approximate surface area is 123 Å². The van der Waals surface area contributed by atoms with E-state index in [1.54, 1.807) is 0 Å². The van der Waals surface area contributed by atoms with E-state index in [2.05, 4.69) is 37.1 Å². The molecular weight excluding hydrogens is 246 g/mol. The van der Waals surface area contributed by atoms with Crippen molar-refractivity contribution >= 4 is 0 Å². The van der Waals surface area contributed by atoms with E-state index >= 15 is 0 Å². The van der Waals surface area contributed by atoms with Gasteiger partial charge in [-0.2, -0.15) is 5.26 Å². The summed E-state index contributed by atoms with van der Waals surface area (Å²) < 4.78 is 0. The predicted molar refractivity (Wildman–Crippen MR) is 84.4 cm³/mol. The van der Waals surface area contributed by atoms with Crippen molar-refractivity contribution in [2.24, 2.45) is 0 Å². The first kappa shape index (κ1) is 16.7. The van der Waals surface area contributed by atoms with Gasteiger partial charge in [-0.25, -0.2) is 0 Å². The van der Waals surface area contributed by atoms with E-state index in [0.717, 1.165) is 44.6 Å². The third-order valence-electron chi connectivity index (χ3n) is 3.73. The Balaban J connectivity index is 2.87. The minimum Gasteiger partial charge on any atom is -0.304 e. The van der Waals surface area contributed by atoms with Crippen molar-refractivity contribution in [2.45, 2.75) is 39.2 Å². The van der Waals surface area contributed by atoms with E-state index in [-0.39, 0.29) is 0 Å². The van der Waals surface area contributed by atoms with E-state index in [9.17, 15) is 5.26 Å². The molecule has 1 aromatic carbocycles. The molecular formula is C17H27N3. The zero-order chi connectivity index (χ0) is 14.8. The van der Waals surface area contributed by atoms with Gasteiger partial charge in [0.2, 0.25) is 0 Å². The summed E-state index contributed by atoms with van der Waals surface area (Å²) in [5.74, 6) is 0. The zero-order valence-corrected chi connectivity index (χ0v) is 13.0. The van der Waals surface area contributed by atoms with Crippen molar-refractivity contribution < 1.29 is 0 Å². The Morgan fingerprint density at radius 3 is 2.35 bits per heavy atom. The molecule has 3 heteroatoms.